The molecule has 1 aliphatic rings. The van der Waals surface area contributed by atoms with Gasteiger partial charge < -0.3 is 11.1 Å². The fraction of sp³-hybridized carbons (Fsp3) is 1.00. The monoisotopic (exact) mass is 128 g/mol. The van der Waals surface area contributed by atoms with E-state index < -0.39 is 0 Å². The lowest BCUT2D eigenvalue weighted by atomic mass is 9.94. The Labute approximate surface area is 56.8 Å². The van der Waals surface area contributed by atoms with Crippen molar-refractivity contribution in [3.05, 3.63) is 0 Å². The van der Waals surface area contributed by atoms with E-state index in [1.165, 1.54) is 19.3 Å². The van der Waals surface area contributed by atoms with Crippen molar-refractivity contribution in [2.45, 2.75) is 32.4 Å². The van der Waals surface area contributed by atoms with Crippen molar-refractivity contribution < 1.29 is 0 Å². The molecule has 2 unspecified atom stereocenters. The molecule has 1 heterocycles. The predicted molar refractivity (Wildman–Crippen MR) is 39.0 cm³/mol. The fourth-order valence-corrected chi connectivity index (χ4v) is 1.44. The molecule has 1 rings (SSSR count). The second kappa shape index (κ2) is 3.18. The molecule has 0 bridgehead atoms. The maximum Gasteiger partial charge on any atom is 0.0575 e. The summed E-state index contributed by atoms with van der Waals surface area (Å²) in [6, 6.07) is 0. The van der Waals surface area contributed by atoms with Gasteiger partial charge in [0, 0.05) is 0 Å². The molecule has 2 atom stereocenters. The van der Waals surface area contributed by atoms with Gasteiger partial charge in [-0.2, -0.15) is 0 Å². The molecule has 2 heteroatoms. The van der Waals surface area contributed by atoms with Gasteiger partial charge in [-0.3, -0.25) is 0 Å². The van der Waals surface area contributed by atoms with Gasteiger partial charge in [0.05, 0.1) is 6.17 Å². The minimum absolute atomic E-state index is 0.267. The van der Waals surface area contributed by atoms with Crippen molar-refractivity contribution in [2.75, 3.05) is 6.54 Å². The third-order valence-corrected chi connectivity index (χ3v) is 2.16. The Morgan fingerprint density at radius 3 is 2.89 bits per heavy atom. The maximum absolute atomic E-state index is 5.78. The van der Waals surface area contributed by atoms with Crippen LogP contribution in [0.25, 0.3) is 0 Å². The van der Waals surface area contributed by atoms with Crippen molar-refractivity contribution in [2.24, 2.45) is 11.7 Å². The molecule has 0 aromatic heterocycles. The van der Waals surface area contributed by atoms with E-state index in [4.69, 9.17) is 5.73 Å². The number of rotatable bonds is 1. The first-order valence-corrected chi connectivity index (χ1v) is 3.83. The van der Waals surface area contributed by atoms with E-state index in [1.807, 2.05) is 0 Å². The summed E-state index contributed by atoms with van der Waals surface area (Å²) in [5, 5.41) is 3.26. The zero-order valence-electron chi connectivity index (χ0n) is 6.06. The topological polar surface area (TPSA) is 38.0 Å². The van der Waals surface area contributed by atoms with Crippen LogP contribution in [0.3, 0.4) is 0 Å². The molecule has 9 heavy (non-hydrogen) atoms. The molecule has 0 saturated carbocycles. The van der Waals surface area contributed by atoms with Gasteiger partial charge in [0.2, 0.25) is 0 Å². The highest BCUT2D eigenvalue weighted by atomic mass is 15.0. The van der Waals surface area contributed by atoms with Gasteiger partial charge in [-0.1, -0.05) is 13.3 Å². The summed E-state index contributed by atoms with van der Waals surface area (Å²) < 4.78 is 0. The molecule has 54 valence electrons. The Morgan fingerprint density at radius 1 is 1.67 bits per heavy atom. The lowest BCUT2D eigenvalue weighted by molar-refractivity contribution is 0.278. The third kappa shape index (κ3) is 1.66. The third-order valence-electron chi connectivity index (χ3n) is 2.16. The average Bonchev–Trinajstić information content (AvgIpc) is 1.89. The van der Waals surface area contributed by atoms with E-state index in [-0.39, 0.29) is 6.17 Å². The predicted octanol–water partition coefficient (Wildman–Crippen LogP) is 0.681. The lowest BCUT2D eigenvalue weighted by Crippen LogP contribution is -2.47. The Hall–Kier alpha value is -0.0800. The van der Waals surface area contributed by atoms with E-state index in [0.29, 0.717) is 0 Å². The minimum Gasteiger partial charge on any atom is -0.316 e. The zero-order valence-corrected chi connectivity index (χ0v) is 6.06. The Balaban J connectivity index is 2.30. The molecule has 0 radical (unpaired) electrons. The normalized spacial score (nSPS) is 36.7. The molecule has 0 aromatic carbocycles. The first-order valence-electron chi connectivity index (χ1n) is 3.83. The van der Waals surface area contributed by atoms with Gasteiger partial charge in [-0.05, 0) is 25.3 Å². The van der Waals surface area contributed by atoms with Gasteiger partial charge in [-0.15, -0.1) is 0 Å². The molecule has 0 amide bonds. The van der Waals surface area contributed by atoms with Gasteiger partial charge in [0.1, 0.15) is 0 Å². The van der Waals surface area contributed by atoms with Crippen LogP contribution in [0.15, 0.2) is 0 Å². The van der Waals surface area contributed by atoms with Crippen LogP contribution in [0.5, 0.6) is 0 Å². The van der Waals surface area contributed by atoms with E-state index in [0.717, 1.165) is 12.5 Å². The number of piperidine rings is 1. The van der Waals surface area contributed by atoms with E-state index >= 15 is 0 Å². The smallest absolute Gasteiger partial charge is 0.0575 e. The summed E-state index contributed by atoms with van der Waals surface area (Å²) in [6.07, 6.45) is 4.09. The molecule has 0 aromatic rings. The van der Waals surface area contributed by atoms with Crippen LogP contribution in [0.1, 0.15) is 26.2 Å². The second-order valence-corrected chi connectivity index (χ2v) is 2.79. The maximum atomic E-state index is 5.78. The standard InChI is InChI=1S/C7H16N2/c1-2-6-4-3-5-9-7(6)8/h6-7,9H,2-5,8H2,1H3. The quantitative estimate of drug-likeness (QED) is 0.545. The fourth-order valence-electron chi connectivity index (χ4n) is 1.44. The molecule has 0 spiro atoms. The Bertz CT molecular complexity index is 83.0. The highest BCUT2D eigenvalue weighted by Crippen LogP contribution is 2.15. The highest BCUT2D eigenvalue weighted by Gasteiger charge is 2.18. The average molecular weight is 128 g/mol. The molecule has 0 aliphatic carbocycles. The van der Waals surface area contributed by atoms with Crippen LogP contribution in [0.4, 0.5) is 0 Å². The highest BCUT2D eigenvalue weighted by molar-refractivity contribution is 4.74. The first kappa shape index (κ1) is 7.03. The van der Waals surface area contributed by atoms with Crippen LogP contribution in [0.2, 0.25) is 0 Å². The summed E-state index contributed by atoms with van der Waals surface area (Å²) >= 11 is 0. The van der Waals surface area contributed by atoms with Crippen molar-refractivity contribution in [3.63, 3.8) is 0 Å². The summed E-state index contributed by atoms with van der Waals surface area (Å²) in [4.78, 5) is 0. The van der Waals surface area contributed by atoms with Crippen LogP contribution in [0, 0.1) is 5.92 Å². The summed E-state index contributed by atoms with van der Waals surface area (Å²) in [6.45, 7) is 3.31. The molecular formula is C7H16N2. The van der Waals surface area contributed by atoms with Crippen LogP contribution in [-0.4, -0.2) is 12.7 Å². The molecular weight excluding hydrogens is 112 g/mol. The van der Waals surface area contributed by atoms with Gasteiger partial charge >= 0.3 is 0 Å². The summed E-state index contributed by atoms with van der Waals surface area (Å²) in [5.74, 6) is 0.721. The van der Waals surface area contributed by atoms with Gasteiger partial charge in [0.15, 0.2) is 0 Å². The molecule has 1 aliphatic heterocycles. The largest absolute Gasteiger partial charge is 0.316 e. The Kier molecular flexibility index (Phi) is 2.49. The number of hydrogen-bond donors (Lipinski definition) is 2. The minimum atomic E-state index is 0.267. The molecule has 3 N–H and O–H groups in total. The summed E-state index contributed by atoms with van der Waals surface area (Å²) in [7, 11) is 0. The van der Waals surface area contributed by atoms with E-state index in [1.54, 1.807) is 0 Å². The number of nitrogens with two attached hydrogens (primary N) is 1. The van der Waals surface area contributed by atoms with Gasteiger partial charge in [0.25, 0.3) is 0 Å². The molecule has 1 saturated heterocycles. The van der Waals surface area contributed by atoms with Gasteiger partial charge in [-0.25, -0.2) is 0 Å². The second-order valence-electron chi connectivity index (χ2n) is 2.79. The van der Waals surface area contributed by atoms with Crippen LogP contribution < -0.4 is 11.1 Å². The van der Waals surface area contributed by atoms with Crippen LogP contribution in [-0.2, 0) is 0 Å². The van der Waals surface area contributed by atoms with Crippen LogP contribution >= 0.6 is 0 Å². The van der Waals surface area contributed by atoms with Crippen molar-refractivity contribution in [1.29, 1.82) is 0 Å². The van der Waals surface area contributed by atoms with E-state index in [9.17, 15) is 0 Å². The molecule has 2 nitrogen and oxygen atoms in total. The lowest BCUT2D eigenvalue weighted by Gasteiger charge is -2.28. The zero-order chi connectivity index (χ0) is 6.69. The molecule has 1 fully saturated rings. The first-order chi connectivity index (χ1) is 4.34. The Morgan fingerprint density at radius 2 is 2.44 bits per heavy atom. The van der Waals surface area contributed by atoms with Crippen molar-refractivity contribution in [1.82, 2.24) is 5.32 Å². The van der Waals surface area contributed by atoms with E-state index in [2.05, 4.69) is 12.2 Å². The number of nitrogens with one attached hydrogen (secondary N) is 1. The number of hydrogen-bond acceptors (Lipinski definition) is 2. The van der Waals surface area contributed by atoms with Crippen molar-refractivity contribution >= 4 is 0 Å². The SMILES string of the molecule is CCC1CCCNC1N. The van der Waals surface area contributed by atoms with Crippen molar-refractivity contribution in [3.8, 4) is 0 Å². The summed E-state index contributed by atoms with van der Waals surface area (Å²) in [5.41, 5.74) is 5.78.